The summed E-state index contributed by atoms with van der Waals surface area (Å²) in [5.74, 6) is -2.10. The van der Waals surface area contributed by atoms with Crippen LogP contribution in [0, 0.1) is 45.2 Å². The second kappa shape index (κ2) is 13.5. The van der Waals surface area contributed by atoms with Crippen LogP contribution in [0.5, 0.6) is 0 Å². The maximum absolute atomic E-state index is 15.8. The highest BCUT2D eigenvalue weighted by Gasteiger charge is 2.30. The Hall–Kier alpha value is -3.40. The van der Waals surface area contributed by atoms with Crippen molar-refractivity contribution in [2.75, 3.05) is 6.61 Å². The number of halogens is 3. The molecule has 0 spiro atoms. The third-order valence-electron chi connectivity index (χ3n) is 6.83. The van der Waals surface area contributed by atoms with Crippen LogP contribution in [-0.2, 0) is 14.3 Å². The minimum absolute atomic E-state index is 0.0279. The van der Waals surface area contributed by atoms with E-state index in [2.05, 4.69) is 26.2 Å². The molecule has 0 bridgehead atoms. The first-order chi connectivity index (χ1) is 19.2. The van der Waals surface area contributed by atoms with Crippen LogP contribution in [0.4, 0.5) is 8.78 Å². The van der Waals surface area contributed by atoms with Crippen molar-refractivity contribution < 1.29 is 23.1 Å². The molecule has 2 aromatic carbocycles. The lowest BCUT2D eigenvalue weighted by Crippen LogP contribution is -2.41. The summed E-state index contributed by atoms with van der Waals surface area (Å²) >= 11 is 3.30. The van der Waals surface area contributed by atoms with E-state index in [1.165, 1.54) is 22.9 Å². The van der Waals surface area contributed by atoms with Gasteiger partial charge >= 0.3 is 5.97 Å². The quantitative estimate of drug-likeness (QED) is 0.255. The first-order valence-electron chi connectivity index (χ1n) is 13.5. The molecule has 10 heteroatoms. The molecule has 0 fully saturated rings. The standard InChI is InChI=1S/C31H36BrF2N3O4/c1-8-41-27(38)14-24(36-30(39)25(9-16(2)3)37-15-26(32)35-20(7)31(37)40)23-13-21(10-19(6)29(23)34)28-17(4)11-22(33)12-18(28)5/h10-13,15-16,24-25H,8-9,14H2,1-7H3,(H,36,39). The molecule has 41 heavy (non-hydrogen) atoms. The van der Waals surface area contributed by atoms with E-state index >= 15 is 4.39 Å². The molecule has 1 N–H and O–H groups in total. The van der Waals surface area contributed by atoms with Crippen molar-refractivity contribution in [3.63, 3.8) is 0 Å². The third-order valence-corrected chi connectivity index (χ3v) is 7.22. The fourth-order valence-electron chi connectivity index (χ4n) is 5.08. The molecular weight excluding hydrogens is 596 g/mol. The third kappa shape index (κ3) is 7.67. The number of hydrogen-bond acceptors (Lipinski definition) is 5. The van der Waals surface area contributed by atoms with E-state index in [1.54, 1.807) is 46.8 Å². The van der Waals surface area contributed by atoms with E-state index in [4.69, 9.17) is 4.74 Å². The van der Waals surface area contributed by atoms with E-state index in [-0.39, 0.29) is 36.0 Å². The lowest BCUT2D eigenvalue weighted by molar-refractivity contribution is -0.144. The lowest BCUT2D eigenvalue weighted by atomic mass is 9.90. The number of esters is 1. The van der Waals surface area contributed by atoms with Gasteiger partial charge in [0.05, 0.1) is 19.1 Å². The van der Waals surface area contributed by atoms with Gasteiger partial charge in [0, 0.05) is 11.8 Å². The number of nitrogens with one attached hydrogen (secondary N) is 1. The van der Waals surface area contributed by atoms with E-state index in [0.717, 1.165) is 5.56 Å². The molecule has 220 valence electrons. The maximum Gasteiger partial charge on any atom is 0.308 e. The Balaban J connectivity index is 2.15. The van der Waals surface area contributed by atoms with Gasteiger partial charge in [0.2, 0.25) is 5.91 Å². The minimum Gasteiger partial charge on any atom is -0.466 e. The monoisotopic (exact) mass is 631 g/mol. The molecule has 0 aliphatic rings. The Bertz CT molecular complexity index is 1500. The van der Waals surface area contributed by atoms with Gasteiger partial charge < -0.3 is 10.1 Å². The summed E-state index contributed by atoms with van der Waals surface area (Å²) in [6.07, 6.45) is 1.43. The van der Waals surface area contributed by atoms with Crippen LogP contribution < -0.4 is 10.9 Å². The van der Waals surface area contributed by atoms with Crippen molar-refractivity contribution >= 4 is 27.8 Å². The molecule has 0 radical (unpaired) electrons. The Labute approximate surface area is 247 Å². The number of aromatic nitrogens is 2. The zero-order valence-corrected chi connectivity index (χ0v) is 26.0. The van der Waals surface area contributed by atoms with Gasteiger partial charge in [0.1, 0.15) is 28.0 Å². The summed E-state index contributed by atoms with van der Waals surface area (Å²) in [5.41, 5.74) is 2.87. The minimum atomic E-state index is -1.10. The van der Waals surface area contributed by atoms with Crippen molar-refractivity contribution in [3.8, 4) is 11.1 Å². The van der Waals surface area contributed by atoms with Gasteiger partial charge in [-0.3, -0.25) is 19.0 Å². The maximum atomic E-state index is 15.8. The van der Waals surface area contributed by atoms with E-state index in [0.29, 0.717) is 33.3 Å². The van der Waals surface area contributed by atoms with E-state index in [9.17, 15) is 18.8 Å². The second-order valence-electron chi connectivity index (χ2n) is 10.7. The summed E-state index contributed by atoms with van der Waals surface area (Å²) in [4.78, 5) is 43.6. The molecule has 3 aromatic rings. The highest BCUT2D eigenvalue weighted by molar-refractivity contribution is 9.10. The Morgan fingerprint density at radius 2 is 1.68 bits per heavy atom. The number of amides is 1. The zero-order valence-electron chi connectivity index (χ0n) is 24.4. The topological polar surface area (TPSA) is 90.3 Å². The molecule has 0 saturated carbocycles. The highest BCUT2D eigenvalue weighted by atomic mass is 79.9. The predicted octanol–water partition coefficient (Wildman–Crippen LogP) is 6.58. The summed E-state index contributed by atoms with van der Waals surface area (Å²) in [5, 5.41) is 2.84. The van der Waals surface area contributed by atoms with Gasteiger partial charge in [-0.25, -0.2) is 13.8 Å². The second-order valence-corrected chi connectivity index (χ2v) is 11.5. The largest absolute Gasteiger partial charge is 0.466 e. The van der Waals surface area contributed by atoms with Gasteiger partial charge in [0.25, 0.3) is 5.56 Å². The zero-order chi connectivity index (χ0) is 30.6. The molecule has 0 saturated heterocycles. The van der Waals surface area contributed by atoms with Crippen molar-refractivity contribution in [1.29, 1.82) is 0 Å². The highest BCUT2D eigenvalue weighted by Crippen LogP contribution is 2.34. The number of carbonyl (C=O) groups excluding carboxylic acids is 2. The van der Waals surface area contributed by atoms with Crippen LogP contribution >= 0.6 is 15.9 Å². The van der Waals surface area contributed by atoms with Crippen molar-refractivity contribution in [1.82, 2.24) is 14.9 Å². The van der Waals surface area contributed by atoms with Crippen LogP contribution in [0.15, 0.2) is 39.9 Å². The van der Waals surface area contributed by atoms with Gasteiger partial charge in [-0.05, 0) is 115 Å². The molecule has 2 unspecified atom stereocenters. The van der Waals surface area contributed by atoms with E-state index in [1.807, 2.05) is 13.8 Å². The molecule has 1 heterocycles. The lowest BCUT2D eigenvalue weighted by Gasteiger charge is -2.26. The van der Waals surface area contributed by atoms with Crippen molar-refractivity contribution in [2.45, 2.75) is 73.4 Å². The van der Waals surface area contributed by atoms with Gasteiger partial charge in [-0.1, -0.05) is 13.8 Å². The van der Waals surface area contributed by atoms with Crippen LogP contribution in [0.3, 0.4) is 0 Å². The molecule has 2 atom stereocenters. The first-order valence-corrected chi connectivity index (χ1v) is 14.3. The fourth-order valence-corrected chi connectivity index (χ4v) is 5.56. The number of rotatable bonds is 10. The van der Waals surface area contributed by atoms with Gasteiger partial charge in [0.15, 0.2) is 0 Å². The van der Waals surface area contributed by atoms with Crippen LogP contribution in [0.2, 0.25) is 0 Å². The number of hydrogen-bond donors (Lipinski definition) is 1. The number of benzene rings is 2. The molecule has 7 nitrogen and oxygen atoms in total. The average Bonchev–Trinajstić information content (AvgIpc) is 2.85. The molecular formula is C31H36BrF2N3O4. The smallest absolute Gasteiger partial charge is 0.308 e. The summed E-state index contributed by atoms with van der Waals surface area (Å²) < 4.78 is 36.6. The summed E-state index contributed by atoms with van der Waals surface area (Å²) in [7, 11) is 0. The average molecular weight is 633 g/mol. The van der Waals surface area contributed by atoms with Crippen LogP contribution in [0.1, 0.15) is 73.6 Å². The fraction of sp³-hybridized carbons (Fsp3) is 0.419. The van der Waals surface area contributed by atoms with Crippen molar-refractivity contribution in [3.05, 3.63) is 85.0 Å². The van der Waals surface area contributed by atoms with Crippen molar-refractivity contribution in [2.24, 2.45) is 5.92 Å². The number of carbonyl (C=O) groups is 2. The van der Waals surface area contributed by atoms with Gasteiger partial charge in [-0.2, -0.15) is 0 Å². The Kier molecular flexibility index (Phi) is 10.6. The van der Waals surface area contributed by atoms with E-state index < -0.39 is 35.3 Å². The van der Waals surface area contributed by atoms with Gasteiger partial charge in [-0.15, -0.1) is 0 Å². The number of nitrogens with zero attached hydrogens (tertiary/aromatic N) is 2. The Morgan fingerprint density at radius 3 is 2.27 bits per heavy atom. The number of ether oxygens (including phenoxy) is 1. The molecule has 3 rings (SSSR count). The molecule has 1 aromatic heterocycles. The number of aryl methyl sites for hydroxylation is 4. The predicted molar refractivity (Wildman–Crippen MR) is 158 cm³/mol. The first kappa shape index (κ1) is 32.1. The molecule has 0 aliphatic heterocycles. The van der Waals surface area contributed by atoms with Crippen LogP contribution in [-0.4, -0.2) is 28.0 Å². The summed E-state index contributed by atoms with van der Waals surface area (Å²) in [6, 6.07) is 4.00. The summed E-state index contributed by atoms with van der Waals surface area (Å²) in [6.45, 7) is 12.3. The molecule has 1 amide bonds. The Morgan fingerprint density at radius 1 is 1.05 bits per heavy atom. The van der Waals surface area contributed by atoms with Crippen LogP contribution in [0.25, 0.3) is 11.1 Å². The molecule has 0 aliphatic carbocycles. The normalized spacial score (nSPS) is 12.8. The SMILES string of the molecule is CCOC(=O)CC(NC(=O)C(CC(C)C)n1cc(Br)nc(C)c1=O)c1cc(-c2c(C)cc(F)cc2C)cc(C)c1F.